The Balaban J connectivity index is 1.58. The van der Waals surface area contributed by atoms with Crippen molar-refractivity contribution in [3.05, 3.63) is 63.7 Å². The molecule has 0 aliphatic carbocycles. The third-order valence-corrected chi connectivity index (χ3v) is 7.22. The van der Waals surface area contributed by atoms with E-state index in [9.17, 15) is 9.59 Å². The van der Waals surface area contributed by atoms with Gasteiger partial charge in [0.2, 0.25) is 5.91 Å². The molecule has 1 aliphatic heterocycles. The van der Waals surface area contributed by atoms with Crippen LogP contribution in [0.2, 0.25) is 5.02 Å². The van der Waals surface area contributed by atoms with E-state index < -0.39 is 0 Å². The molecule has 0 spiro atoms. The van der Waals surface area contributed by atoms with Crippen molar-refractivity contribution in [2.24, 2.45) is 0 Å². The normalized spacial score (nSPS) is 15.6. The number of nitrogens with zero attached hydrogens (tertiary/aromatic N) is 2. The maximum absolute atomic E-state index is 12.8. The minimum atomic E-state index is -0.305. The number of hydrogen-bond acceptors (Lipinski definition) is 4. The number of nitrogens with one attached hydrogen (secondary N) is 1. The molecule has 1 unspecified atom stereocenters. The van der Waals surface area contributed by atoms with Crippen molar-refractivity contribution < 1.29 is 14.3 Å². The zero-order chi connectivity index (χ0) is 25.8. The van der Waals surface area contributed by atoms with E-state index in [1.54, 1.807) is 24.3 Å². The second kappa shape index (κ2) is 11.4. The van der Waals surface area contributed by atoms with Crippen LogP contribution in [-0.4, -0.2) is 59.9 Å². The van der Waals surface area contributed by atoms with E-state index in [2.05, 4.69) is 43.1 Å². The molecule has 1 fully saturated rings. The molecular weight excluding hydrogens is 462 g/mol. The molecule has 1 atom stereocenters. The van der Waals surface area contributed by atoms with Gasteiger partial charge in [-0.15, -0.1) is 0 Å². The second-order valence-corrected chi connectivity index (χ2v) is 10.5. The fourth-order valence-electron chi connectivity index (χ4n) is 4.66. The largest absolute Gasteiger partial charge is 0.493 e. The molecule has 0 aromatic heterocycles. The third-order valence-electron chi connectivity index (χ3n) is 6.97. The average Bonchev–Trinajstić information content (AvgIpc) is 2.81. The van der Waals surface area contributed by atoms with E-state index in [4.69, 9.17) is 16.3 Å². The Morgan fingerprint density at radius 2 is 1.66 bits per heavy atom. The van der Waals surface area contributed by atoms with Crippen molar-refractivity contribution in [2.45, 2.75) is 59.5 Å². The molecule has 2 aromatic rings. The molecule has 2 amide bonds. The number of rotatable bonds is 8. The molecule has 3 rings (SSSR count). The molecule has 0 bridgehead atoms. The lowest BCUT2D eigenvalue weighted by Gasteiger charge is -2.39. The molecule has 0 radical (unpaired) electrons. The average molecular weight is 500 g/mol. The van der Waals surface area contributed by atoms with Crippen LogP contribution in [0.15, 0.2) is 36.4 Å². The van der Waals surface area contributed by atoms with Crippen molar-refractivity contribution in [1.29, 1.82) is 0 Å². The minimum absolute atomic E-state index is 0.0319. The van der Waals surface area contributed by atoms with E-state index in [0.29, 0.717) is 30.3 Å². The Morgan fingerprint density at radius 3 is 2.26 bits per heavy atom. The highest BCUT2D eigenvalue weighted by molar-refractivity contribution is 6.30. The lowest BCUT2D eigenvalue weighted by atomic mass is 9.96. The zero-order valence-electron chi connectivity index (χ0n) is 21.8. The third kappa shape index (κ3) is 6.98. The van der Waals surface area contributed by atoms with Gasteiger partial charge in [0.25, 0.3) is 5.91 Å². The van der Waals surface area contributed by atoms with Gasteiger partial charge in [0.05, 0.1) is 6.61 Å². The van der Waals surface area contributed by atoms with E-state index >= 15 is 0 Å². The topological polar surface area (TPSA) is 61.9 Å². The molecule has 0 saturated carbocycles. The van der Waals surface area contributed by atoms with Gasteiger partial charge in [-0.1, -0.05) is 17.7 Å². The predicted molar refractivity (Wildman–Crippen MR) is 141 cm³/mol. The molecule has 1 saturated heterocycles. The molecule has 1 aliphatic rings. The van der Waals surface area contributed by atoms with Gasteiger partial charge in [-0.05, 0) is 81.6 Å². The first kappa shape index (κ1) is 27.0. The van der Waals surface area contributed by atoms with Crippen molar-refractivity contribution in [3.63, 3.8) is 0 Å². The van der Waals surface area contributed by atoms with Crippen LogP contribution in [0, 0.1) is 13.8 Å². The van der Waals surface area contributed by atoms with E-state index in [-0.39, 0.29) is 23.4 Å². The maximum atomic E-state index is 12.8. The zero-order valence-corrected chi connectivity index (χ0v) is 22.5. The summed E-state index contributed by atoms with van der Waals surface area (Å²) < 4.78 is 6.09. The number of halogens is 1. The van der Waals surface area contributed by atoms with Gasteiger partial charge in [0, 0.05) is 61.7 Å². The number of carbonyl (C=O) groups is 2. The van der Waals surface area contributed by atoms with Gasteiger partial charge in [0.15, 0.2) is 0 Å². The molecule has 2 aromatic carbocycles. The molecule has 190 valence electrons. The molecular formula is C28H38ClN3O3. The standard InChI is InChI=1S/C28H38ClN3O3/c1-19-20(2)26(35-18-13-28(5,6)30-22(4)33)12-11-25(19)21(3)31-14-16-32(17-15-31)27(34)23-7-9-24(29)10-8-23/h7-12,21H,13-18H2,1-6H3,(H,30,33). The van der Waals surface area contributed by atoms with Crippen LogP contribution >= 0.6 is 11.6 Å². The molecule has 1 heterocycles. The number of benzene rings is 2. The summed E-state index contributed by atoms with van der Waals surface area (Å²) in [6.45, 7) is 15.6. The van der Waals surface area contributed by atoms with Gasteiger partial charge in [-0.3, -0.25) is 14.5 Å². The van der Waals surface area contributed by atoms with Crippen molar-refractivity contribution in [1.82, 2.24) is 15.1 Å². The quantitative estimate of drug-likeness (QED) is 0.545. The Morgan fingerprint density at radius 1 is 1.03 bits per heavy atom. The van der Waals surface area contributed by atoms with Crippen LogP contribution in [-0.2, 0) is 4.79 Å². The number of hydrogen-bond donors (Lipinski definition) is 1. The second-order valence-electron chi connectivity index (χ2n) is 10.1. The van der Waals surface area contributed by atoms with Gasteiger partial charge in [-0.2, -0.15) is 0 Å². The predicted octanol–water partition coefficient (Wildman–Crippen LogP) is 5.16. The Hall–Kier alpha value is -2.57. The monoisotopic (exact) mass is 499 g/mol. The van der Waals surface area contributed by atoms with Crippen LogP contribution in [0.5, 0.6) is 5.75 Å². The lowest BCUT2D eigenvalue weighted by molar-refractivity contribution is -0.120. The van der Waals surface area contributed by atoms with Crippen molar-refractivity contribution >= 4 is 23.4 Å². The first-order chi connectivity index (χ1) is 16.5. The summed E-state index contributed by atoms with van der Waals surface area (Å²) in [6.07, 6.45) is 0.724. The molecule has 1 N–H and O–H groups in total. The number of carbonyl (C=O) groups excluding carboxylic acids is 2. The van der Waals surface area contributed by atoms with E-state index in [1.165, 1.54) is 18.1 Å². The van der Waals surface area contributed by atoms with Crippen LogP contribution in [0.3, 0.4) is 0 Å². The summed E-state index contributed by atoms with van der Waals surface area (Å²) in [6, 6.07) is 11.6. The Labute approximate surface area is 214 Å². The van der Waals surface area contributed by atoms with Crippen molar-refractivity contribution in [2.75, 3.05) is 32.8 Å². The fourth-order valence-corrected chi connectivity index (χ4v) is 4.79. The lowest BCUT2D eigenvalue weighted by Crippen LogP contribution is -2.49. The highest BCUT2D eigenvalue weighted by Crippen LogP contribution is 2.31. The van der Waals surface area contributed by atoms with E-state index in [1.807, 2.05) is 18.7 Å². The molecule has 7 heteroatoms. The highest BCUT2D eigenvalue weighted by Gasteiger charge is 2.27. The van der Waals surface area contributed by atoms with Gasteiger partial charge in [-0.25, -0.2) is 0 Å². The summed E-state index contributed by atoms with van der Waals surface area (Å²) in [5.74, 6) is 0.912. The van der Waals surface area contributed by atoms with Gasteiger partial charge >= 0.3 is 0 Å². The summed E-state index contributed by atoms with van der Waals surface area (Å²) in [7, 11) is 0. The van der Waals surface area contributed by atoms with Crippen LogP contribution < -0.4 is 10.1 Å². The summed E-state index contributed by atoms with van der Waals surface area (Å²) in [4.78, 5) is 28.6. The maximum Gasteiger partial charge on any atom is 0.253 e. The number of ether oxygens (including phenoxy) is 1. The van der Waals surface area contributed by atoms with Gasteiger partial charge in [0.1, 0.15) is 5.75 Å². The van der Waals surface area contributed by atoms with Gasteiger partial charge < -0.3 is 15.0 Å². The van der Waals surface area contributed by atoms with Crippen LogP contribution in [0.4, 0.5) is 0 Å². The smallest absolute Gasteiger partial charge is 0.253 e. The van der Waals surface area contributed by atoms with E-state index in [0.717, 1.165) is 30.8 Å². The Bertz CT molecular complexity index is 1040. The molecule has 6 nitrogen and oxygen atoms in total. The van der Waals surface area contributed by atoms with Crippen molar-refractivity contribution in [3.8, 4) is 5.75 Å². The fraction of sp³-hybridized carbons (Fsp3) is 0.500. The summed E-state index contributed by atoms with van der Waals surface area (Å²) in [5, 5.41) is 3.59. The van der Waals surface area contributed by atoms with Crippen LogP contribution in [0.1, 0.15) is 67.2 Å². The number of piperazine rings is 1. The SMILES string of the molecule is CC(=O)NC(C)(C)CCOc1ccc(C(C)N2CCN(C(=O)c3ccc(Cl)cc3)CC2)c(C)c1C. The number of amides is 2. The molecule has 35 heavy (non-hydrogen) atoms. The highest BCUT2D eigenvalue weighted by atomic mass is 35.5. The summed E-state index contributed by atoms with van der Waals surface area (Å²) in [5.41, 5.74) is 4.03. The Kier molecular flexibility index (Phi) is 8.84. The first-order valence-electron chi connectivity index (χ1n) is 12.3. The summed E-state index contributed by atoms with van der Waals surface area (Å²) >= 11 is 5.95. The first-order valence-corrected chi connectivity index (χ1v) is 12.7. The minimum Gasteiger partial charge on any atom is -0.493 e. The van der Waals surface area contributed by atoms with Crippen LogP contribution in [0.25, 0.3) is 0 Å².